The smallest absolute Gasteiger partial charge is 0.222 e. The molecule has 1 aliphatic heterocycles. The van der Waals surface area contributed by atoms with Crippen molar-refractivity contribution in [3.8, 4) is 0 Å². The Morgan fingerprint density at radius 1 is 1.25 bits per heavy atom. The average Bonchev–Trinajstić information content (AvgIpc) is 3.41. The molecule has 1 unspecified atom stereocenters. The van der Waals surface area contributed by atoms with E-state index in [4.69, 9.17) is 5.10 Å². The van der Waals surface area contributed by atoms with Crippen molar-refractivity contribution in [2.45, 2.75) is 57.9 Å². The highest BCUT2D eigenvalue weighted by atomic mass is 16.2. The van der Waals surface area contributed by atoms with E-state index in [0.717, 1.165) is 36.2 Å². The quantitative estimate of drug-likeness (QED) is 0.831. The van der Waals surface area contributed by atoms with Gasteiger partial charge in [-0.2, -0.15) is 5.10 Å². The van der Waals surface area contributed by atoms with E-state index in [-0.39, 0.29) is 11.8 Å². The molecule has 1 aliphatic carbocycles. The van der Waals surface area contributed by atoms with Crippen molar-refractivity contribution in [1.82, 2.24) is 25.0 Å². The zero-order valence-corrected chi connectivity index (χ0v) is 16.6. The number of nitrogens with one attached hydrogen (secondary N) is 1. The topological polar surface area (TPSA) is 80.1 Å². The Bertz CT molecular complexity index is 856. The van der Waals surface area contributed by atoms with Crippen molar-refractivity contribution >= 4 is 22.8 Å². The first-order chi connectivity index (χ1) is 13.6. The third kappa shape index (κ3) is 4.03. The van der Waals surface area contributed by atoms with Gasteiger partial charge in [0.15, 0.2) is 5.65 Å². The minimum absolute atomic E-state index is 0.0446. The number of hydrogen-bond acceptors (Lipinski definition) is 4. The summed E-state index contributed by atoms with van der Waals surface area (Å²) < 4.78 is 1.88. The van der Waals surface area contributed by atoms with Crippen molar-refractivity contribution < 1.29 is 9.59 Å². The maximum atomic E-state index is 12.7. The van der Waals surface area contributed by atoms with Gasteiger partial charge in [0, 0.05) is 50.5 Å². The van der Waals surface area contributed by atoms with Crippen LogP contribution in [0.2, 0.25) is 0 Å². The summed E-state index contributed by atoms with van der Waals surface area (Å²) in [4.78, 5) is 30.4. The van der Waals surface area contributed by atoms with E-state index >= 15 is 0 Å². The number of carbonyl (C=O) groups excluding carboxylic acids is 2. The number of fused-ring (bicyclic) bond motifs is 1. The Morgan fingerprint density at radius 2 is 2.07 bits per heavy atom. The van der Waals surface area contributed by atoms with Crippen LogP contribution in [0.5, 0.6) is 0 Å². The van der Waals surface area contributed by atoms with Crippen molar-refractivity contribution in [3.63, 3.8) is 0 Å². The van der Waals surface area contributed by atoms with Crippen LogP contribution >= 0.6 is 0 Å². The molecule has 7 nitrogen and oxygen atoms in total. The molecule has 7 heteroatoms. The minimum Gasteiger partial charge on any atom is -0.354 e. The van der Waals surface area contributed by atoms with Gasteiger partial charge in [-0.15, -0.1) is 0 Å². The summed E-state index contributed by atoms with van der Waals surface area (Å²) >= 11 is 0. The molecule has 150 valence electrons. The molecule has 0 radical (unpaired) electrons. The Kier molecular flexibility index (Phi) is 5.59. The van der Waals surface area contributed by atoms with Gasteiger partial charge in [0.1, 0.15) is 0 Å². The highest BCUT2D eigenvalue weighted by Crippen LogP contribution is 2.33. The van der Waals surface area contributed by atoms with E-state index in [1.807, 2.05) is 15.6 Å². The first-order valence-corrected chi connectivity index (χ1v) is 10.5. The predicted molar refractivity (Wildman–Crippen MR) is 107 cm³/mol. The highest BCUT2D eigenvalue weighted by molar-refractivity contribution is 5.80. The fourth-order valence-electron chi connectivity index (χ4n) is 4.63. The Hall–Kier alpha value is -2.44. The van der Waals surface area contributed by atoms with Gasteiger partial charge in [-0.05, 0) is 37.3 Å². The van der Waals surface area contributed by atoms with Crippen LogP contribution in [-0.2, 0) is 16.1 Å². The van der Waals surface area contributed by atoms with E-state index in [0.29, 0.717) is 31.3 Å². The van der Waals surface area contributed by atoms with Gasteiger partial charge in [0.05, 0.1) is 12.2 Å². The molecule has 0 bridgehead atoms. The summed E-state index contributed by atoms with van der Waals surface area (Å²) in [5.41, 5.74) is 1.88. The van der Waals surface area contributed by atoms with Gasteiger partial charge >= 0.3 is 0 Å². The molecule has 1 atom stereocenters. The average molecular weight is 383 g/mol. The van der Waals surface area contributed by atoms with Crippen LogP contribution in [0, 0.1) is 5.92 Å². The van der Waals surface area contributed by atoms with E-state index in [2.05, 4.69) is 16.4 Å². The number of amides is 2. The number of rotatable bonds is 6. The Labute approximate surface area is 165 Å². The fourth-order valence-corrected chi connectivity index (χ4v) is 4.63. The SMILES string of the molecule is CC(=O)NCCn1nc(C2CCN(C(=O)CC3CCCC3)C2)c2cccnc21. The molecule has 0 spiro atoms. The minimum atomic E-state index is -0.0446. The number of pyridine rings is 1. The van der Waals surface area contributed by atoms with Crippen LogP contribution in [0.3, 0.4) is 0 Å². The molecular formula is C21H29N5O2. The lowest BCUT2D eigenvalue weighted by atomic mass is 10.0. The first kappa shape index (κ1) is 18.9. The summed E-state index contributed by atoms with van der Waals surface area (Å²) in [6.07, 6.45) is 8.39. The van der Waals surface area contributed by atoms with E-state index in [1.165, 1.54) is 32.6 Å². The van der Waals surface area contributed by atoms with E-state index < -0.39 is 0 Å². The largest absolute Gasteiger partial charge is 0.354 e. The maximum Gasteiger partial charge on any atom is 0.222 e. The lowest BCUT2D eigenvalue weighted by Gasteiger charge is -2.18. The number of aromatic nitrogens is 3. The van der Waals surface area contributed by atoms with E-state index in [9.17, 15) is 9.59 Å². The second-order valence-electron chi connectivity index (χ2n) is 8.15. The third-order valence-electron chi connectivity index (χ3n) is 6.10. The molecular weight excluding hydrogens is 354 g/mol. The lowest BCUT2D eigenvalue weighted by molar-refractivity contribution is -0.131. The summed E-state index contributed by atoms with van der Waals surface area (Å²) in [6.45, 7) is 4.19. The molecule has 3 heterocycles. The fraction of sp³-hybridized carbons (Fsp3) is 0.619. The molecule has 28 heavy (non-hydrogen) atoms. The monoisotopic (exact) mass is 383 g/mol. The normalized spacial score (nSPS) is 20.2. The standard InChI is InChI=1S/C21H29N5O2/c1-15(27)22-10-12-26-21-18(7-4-9-23-21)20(24-26)17-8-11-25(14-17)19(28)13-16-5-2-3-6-16/h4,7,9,16-17H,2-3,5-6,8,10-14H2,1H3,(H,22,27). The Morgan fingerprint density at radius 3 is 2.86 bits per heavy atom. The zero-order valence-electron chi connectivity index (χ0n) is 16.6. The molecule has 1 N–H and O–H groups in total. The van der Waals surface area contributed by atoms with Crippen molar-refractivity contribution in [3.05, 3.63) is 24.0 Å². The van der Waals surface area contributed by atoms with Gasteiger partial charge in [-0.3, -0.25) is 9.59 Å². The zero-order chi connectivity index (χ0) is 19.5. The summed E-state index contributed by atoms with van der Waals surface area (Å²) in [6, 6.07) is 3.99. The van der Waals surface area contributed by atoms with Gasteiger partial charge in [0.2, 0.25) is 11.8 Å². The summed E-state index contributed by atoms with van der Waals surface area (Å²) in [5, 5.41) is 8.70. The first-order valence-electron chi connectivity index (χ1n) is 10.5. The van der Waals surface area contributed by atoms with Crippen molar-refractivity contribution in [2.24, 2.45) is 5.92 Å². The third-order valence-corrected chi connectivity index (χ3v) is 6.10. The summed E-state index contributed by atoms with van der Waals surface area (Å²) in [5.74, 6) is 1.10. The van der Waals surface area contributed by atoms with Crippen LogP contribution in [-0.4, -0.2) is 51.1 Å². The predicted octanol–water partition coefficient (Wildman–Crippen LogP) is 2.46. The molecule has 2 aliphatic rings. The second-order valence-corrected chi connectivity index (χ2v) is 8.15. The molecule has 2 fully saturated rings. The molecule has 4 rings (SSSR count). The van der Waals surface area contributed by atoms with Crippen molar-refractivity contribution in [1.29, 1.82) is 0 Å². The number of hydrogen-bond donors (Lipinski definition) is 1. The molecule has 1 saturated carbocycles. The highest BCUT2D eigenvalue weighted by Gasteiger charge is 2.32. The van der Waals surface area contributed by atoms with Crippen LogP contribution in [0.1, 0.15) is 57.1 Å². The van der Waals surface area contributed by atoms with Crippen molar-refractivity contribution in [2.75, 3.05) is 19.6 Å². The number of nitrogens with zero attached hydrogens (tertiary/aromatic N) is 4. The van der Waals surface area contributed by atoms with Gasteiger partial charge in [-0.1, -0.05) is 12.8 Å². The van der Waals surface area contributed by atoms with E-state index in [1.54, 1.807) is 6.20 Å². The summed E-state index contributed by atoms with van der Waals surface area (Å²) in [7, 11) is 0. The van der Waals surface area contributed by atoms with Crippen LogP contribution in [0.15, 0.2) is 18.3 Å². The molecule has 2 amide bonds. The van der Waals surface area contributed by atoms with Crippen LogP contribution < -0.4 is 5.32 Å². The second kappa shape index (κ2) is 8.29. The maximum absolute atomic E-state index is 12.7. The molecule has 2 aromatic heterocycles. The number of carbonyl (C=O) groups is 2. The van der Waals surface area contributed by atoms with Crippen LogP contribution in [0.25, 0.3) is 11.0 Å². The van der Waals surface area contributed by atoms with Gasteiger partial charge < -0.3 is 10.2 Å². The Balaban J connectivity index is 1.46. The van der Waals surface area contributed by atoms with Gasteiger partial charge in [-0.25, -0.2) is 9.67 Å². The molecule has 0 aromatic carbocycles. The lowest BCUT2D eigenvalue weighted by Crippen LogP contribution is -2.29. The molecule has 2 aromatic rings. The van der Waals surface area contributed by atoms with Crippen LogP contribution in [0.4, 0.5) is 0 Å². The number of likely N-dealkylation sites (tertiary alicyclic amines) is 1. The molecule has 1 saturated heterocycles. The van der Waals surface area contributed by atoms with Gasteiger partial charge in [0.25, 0.3) is 0 Å².